The van der Waals surface area contributed by atoms with Crippen LogP contribution in [0.15, 0.2) is 36.1 Å². The van der Waals surface area contributed by atoms with E-state index in [0.717, 1.165) is 44.2 Å². The fraction of sp³-hybridized carbons (Fsp3) is 0.727. The van der Waals surface area contributed by atoms with Gasteiger partial charge in [0.1, 0.15) is 18.5 Å². The van der Waals surface area contributed by atoms with Gasteiger partial charge in [0.25, 0.3) is 0 Å². The molecular formula is C22H35NO3. The molecule has 2 aliphatic carbocycles. The Morgan fingerprint density at radius 2 is 2.00 bits per heavy atom. The minimum atomic E-state index is -0.564. The zero-order chi connectivity index (χ0) is 19.1. The highest BCUT2D eigenvalue weighted by molar-refractivity contribution is 5.32. The van der Waals surface area contributed by atoms with Crippen LogP contribution in [0.4, 0.5) is 0 Å². The summed E-state index contributed by atoms with van der Waals surface area (Å²) >= 11 is 0. The second-order valence-electron chi connectivity index (χ2n) is 9.04. The fourth-order valence-electron chi connectivity index (χ4n) is 6.07. The number of rotatable bonds is 4. The third-order valence-corrected chi connectivity index (χ3v) is 7.58. The van der Waals surface area contributed by atoms with Gasteiger partial charge in [-0.1, -0.05) is 38.7 Å². The minimum absolute atomic E-state index is 0.114. The molecule has 2 saturated carbocycles. The number of aliphatic hydroxyl groups is 2. The largest absolute Gasteiger partial charge is 0.491 e. The Kier molecular flexibility index (Phi) is 5.40. The highest BCUT2D eigenvalue weighted by Gasteiger charge is 2.57. The number of ether oxygens (including phenoxy) is 1. The van der Waals surface area contributed by atoms with E-state index in [1.54, 1.807) is 0 Å². The lowest BCUT2D eigenvalue weighted by atomic mass is 9.46. The second-order valence-corrected chi connectivity index (χ2v) is 9.04. The van der Waals surface area contributed by atoms with Gasteiger partial charge in [0, 0.05) is 17.5 Å². The van der Waals surface area contributed by atoms with Crippen molar-refractivity contribution in [1.29, 1.82) is 0 Å². The van der Waals surface area contributed by atoms with Gasteiger partial charge in [-0.15, -0.1) is 0 Å². The van der Waals surface area contributed by atoms with Crippen LogP contribution in [-0.4, -0.2) is 42.6 Å². The van der Waals surface area contributed by atoms with Crippen LogP contribution in [0.5, 0.6) is 0 Å². The Hall–Kier alpha value is -1.10. The molecule has 1 unspecified atom stereocenters. The average molecular weight is 362 g/mol. The molecule has 0 aromatic heterocycles. The van der Waals surface area contributed by atoms with Gasteiger partial charge in [0.05, 0.1) is 6.10 Å². The molecule has 0 aromatic rings. The summed E-state index contributed by atoms with van der Waals surface area (Å²) in [5, 5.41) is 24.2. The van der Waals surface area contributed by atoms with E-state index in [2.05, 4.69) is 38.4 Å². The third kappa shape index (κ3) is 3.06. The SMILES string of the molecule is C=C1OC[C@@H](O)/C1=C\C[C@@H]1C(=C)CCC2[C@](C)(CNC)[C@H](O)CC[C@@]21C. The summed E-state index contributed by atoms with van der Waals surface area (Å²) in [6, 6.07) is 0. The second kappa shape index (κ2) is 7.14. The van der Waals surface area contributed by atoms with Gasteiger partial charge >= 0.3 is 0 Å². The van der Waals surface area contributed by atoms with Crippen LogP contribution >= 0.6 is 0 Å². The Morgan fingerprint density at radius 3 is 2.62 bits per heavy atom. The summed E-state index contributed by atoms with van der Waals surface area (Å²) in [5.41, 5.74) is 2.14. The summed E-state index contributed by atoms with van der Waals surface area (Å²) in [6.45, 7) is 14.1. The first kappa shape index (κ1) is 19.7. The van der Waals surface area contributed by atoms with Crippen molar-refractivity contribution in [3.8, 4) is 0 Å². The number of hydrogen-bond donors (Lipinski definition) is 3. The van der Waals surface area contributed by atoms with Gasteiger partial charge in [-0.3, -0.25) is 0 Å². The maximum atomic E-state index is 10.8. The molecule has 0 spiro atoms. The summed E-state index contributed by atoms with van der Waals surface area (Å²) in [5.74, 6) is 1.41. The summed E-state index contributed by atoms with van der Waals surface area (Å²) < 4.78 is 5.38. The topological polar surface area (TPSA) is 61.7 Å². The molecule has 0 aromatic carbocycles. The summed E-state index contributed by atoms with van der Waals surface area (Å²) in [6.07, 6.45) is 6.11. The fourth-order valence-corrected chi connectivity index (χ4v) is 6.07. The molecule has 0 radical (unpaired) electrons. The van der Waals surface area contributed by atoms with Crippen molar-refractivity contribution in [2.24, 2.45) is 22.7 Å². The molecule has 1 heterocycles. The number of fused-ring (bicyclic) bond motifs is 1. The molecule has 4 nitrogen and oxygen atoms in total. The van der Waals surface area contributed by atoms with E-state index in [4.69, 9.17) is 4.74 Å². The minimum Gasteiger partial charge on any atom is -0.491 e. The summed E-state index contributed by atoms with van der Waals surface area (Å²) in [4.78, 5) is 0. The molecular weight excluding hydrogens is 326 g/mol. The van der Waals surface area contributed by atoms with Gasteiger partial charge in [-0.25, -0.2) is 0 Å². The first-order valence-electron chi connectivity index (χ1n) is 9.94. The Morgan fingerprint density at radius 1 is 1.27 bits per heavy atom. The standard InChI is InChI=1S/C22H35NO3/c1-14-6-9-19-21(3,11-10-20(25)22(19,4)13-23-5)17(14)8-7-16-15(2)26-12-18(16)24/h7,17-20,23-25H,1-2,6,8-13H2,3-5H3/b16-7-/t17-,18-,19?,20-,21-,22+/m1/s1. The highest BCUT2D eigenvalue weighted by atomic mass is 16.5. The molecule has 146 valence electrons. The lowest BCUT2D eigenvalue weighted by molar-refractivity contribution is -0.130. The van der Waals surface area contributed by atoms with Crippen LogP contribution in [0.25, 0.3) is 0 Å². The number of allylic oxidation sites excluding steroid dienone is 2. The number of hydrogen-bond acceptors (Lipinski definition) is 4. The van der Waals surface area contributed by atoms with Crippen molar-refractivity contribution in [2.45, 2.75) is 58.2 Å². The molecule has 3 fully saturated rings. The van der Waals surface area contributed by atoms with Crippen molar-refractivity contribution >= 4 is 0 Å². The molecule has 3 aliphatic rings. The van der Waals surface area contributed by atoms with E-state index in [1.165, 1.54) is 5.57 Å². The number of nitrogens with one attached hydrogen (secondary N) is 1. The molecule has 3 rings (SSSR count). The number of aliphatic hydroxyl groups excluding tert-OH is 2. The molecule has 0 bridgehead atoms. The first-order chi connectivity index (χ1) is 12.2. The van der Waals surface area contributed by atoms with Gasteiger partial charge < -0.3 is 20.3 Å². The van der Waals surface area contributed by atoms with Crippen LogP contribution in [0, 0.1) is 22.7 Å². The van der Waals surface area contributed by atoms with Crippen LogP contribution in [-0.2, 0) is 4.74 Å². The lowest BCUT2D eigenvalue weighted by Crippen LogP contribution is -2.58. The van der Waals surface area contributed by atoms with Crippen molar-refractivity contribution in [3.63, 3.8) is 0 Å². The Balaban J connectivity index is 1.89. The van der Waals surface area contributed by atoms with Crippen molar-refractivity contribution in [2.75, 3.05) is 20.2 Å². The predicted octanol–water partition coefficient (Wildman–Crippen LogP) is 3.18. The Bertz CT molecular complexity index is 613. The van der Waals surface area contributed by atoms with E-state index in [9.17, 15) is 10.2 Å². The monoisotopic (exact) mass is 361 g/mol. The van der Waals surface area contributed by atoms with Crippen molar-refractivity contribution in [3.05, 3.63) is 36.1 Å². The molecule has 4 heteroatoms. The third-order valence-electron chi connectivity index (χ3n) is 7.58. The average Bonchev–Trinajstić information content (AvgIpc) is 2.90. The van der Waals surface area contributed by atoms with E-state index in [0.29, 0.717) is 24.2 Å². The molecule has 1 aliphatic heterocycles. The van der Waals surface area contributed by atoms with Gasteiger partial charge in [0.2, 0.25) is 0 Å². The molecule has 0 amide bonds. The quantitative estimate of drug-likeness (QED) is 0.673. The van der Waals surface area contributed by atoms with Gasteiger partial charge in [0.15, 0.2) is 0 Å². The molecule has 1 saturated heterocycles. The van der Waals surface area contributed by atoms with E-state index in [1.807, 2.05) is 7.05 Å². The first-order valence-corrected chi connectivity index (χ1v) is 9.94. The van der Waals surface area contributed by atoms with Gasteiger partial charge in [-0.2, -0.15) is 0 Å². The van der Waals surface area contributed by atoms with Crippen LogP contribution < -0.4 is 5.32 Å². The van der Waals surface area contributed by atoms with Crippen molar-refractivity contribution in [1.82, 2.24) is 5.32 Å². The van der Waals surface area contributed by atoms with Gasteiger partial charge in [-0.05, 0) is 56.4 Å². The lowest BCUT2D eigenvalue weighted by Gasteiger charge is -2.60. The van der Waals surface area contributed by atoms with E-state index >= 15 is 0 Å². The maximum Gasteiger partial charge on any atom is 0.118 e. The zero-order valence-electron chi connectivity index (χ0n) is 16.6. The smallest absolute Gasteiger partial charge is 0.118 e. The Labute approximate surface area is 158 Å². The van der Waals surface area contributed by atoms with Crippen LogP contribution in [0.1, 0.15) is 46.0 Å². The predicted molar refractivity (Wildman–Crippen MR) is 105 cm³/mol. The zero-order valence-corrected chi connectivity index (χ0v) is 16.6. The molecule has 26 heavy (non-hydrogen) atoms. The van der Waals surface area contributed by atoms with E-state index < -0.39 is 6.10 Å². The van der Waals surface area contributed by atoms with Crippen LogP contribution in [0.3, 0.4) is 0 Å². The van der Waals surface area contributed by atoms with Crippen LogP contribution in [0.2, 0.25) is 0 Å². The maximum absolute atomic E-state index is 10.8. The van der Waals surface area contributed by atoms with E-state index in [-0.39, 0.29) is 16.9 Å². The van der Waals surface area contributed by atoms with Crippen molar-refractivity contribution < 1.29 is 14.9 Å². The molecule has 6 atom stereocenters. The normalized spacial score (nSPS) is 44.9. The molecule has 3 N–H and O–H groups in total. The highest BCUT2D eigenvalue weighted by Crippen LogP contribution is 2.61. The summed E-state index contributed by atoms with van der Waals surface area (Å²) in [7, 11) is 1.97.